The maximum Gasteiger partial charge on any atom is 0.345 e. The van der Waals surface area contributed by atoms with Gasteiger partial charge in [-0.15, -0.1) is 0 Å². The van der Waals surface area contributed by atoms with E-state index in [9.17, 15) is 4.79 Å². The molecule has 5 nitrogen and oxygen atoms in total. The molecular formula is C6H9N3O2. The van der Waals surface area contributed by atoms with Crippen LogP contribution in [0.1, 0.15) is 6.92 Å². The highest BCUT2D eigenvalue weighted by molar-refractivity contribution is 6.13. The molecule has 2 amide bonds. The van der Waals surface area contributed by atoms with Crippen molar-refractivity contribution in [3.8, 4) is 0 Å². The van der Waals surface area contributed by atoms with Crippen molar-refractivity contribution in [2.45, 2.75) is 6.92 Å². The van der Waals surface area contributed by atoms with Crippen molar-refractivity contribution in [3.63, 3.8) is 0 Å². The summed E-state index contributed by atoms with van der Waals surface area (Å²) in [4.78, 5) is 14.0. The van der Waals surface area contributed by atoms with Crippen LogP contribution in [0.2, 0.25) is 0 Å². The zero-order valence-electron chi connectivity index (χ0n) is 6.09. The lowest BCUT2D eigenvalue weighted by molar-refractivity contribution is 0.234. The van der Waals surface area contributed by atoms with E-state index >= 15 is 0 Å². The molecule has 0 aliphatic carbocycles. The number of nitrogens with one attached hydrogen (secondary N) is 2. The molecule has 1 unspecified atom stereocenters. The lowest BCUT2D eigenvalue weighted by atomic mass is 9.91. The first kappa shape index (κ1) is 7.87. The summed E-state index contributed by atoms with van der Waals surface area (Å²) in [6.07, 6.45) is 1.29. The monoisotopic (exact) mass is 155 g/mol. The Balaban J connectivity index is 2.92. The van der Waals surface area contributed by atoms with Crippen LogP contribution < -0.4 is 5.32 Å². The van der Waals surface area contributed by atoms with Crippen molar-refractivity contribution in [2.75, 3.05) is 6.61 Å². The highest BCUT2D eigenvalue weighted by Gasteiger charge is 2.31. The van der Waals surface area contributed by atoms with E-state index in [4.69, 9.17) is 10.5 Å². The second kappa shape index (κ2) is 2.43. The first-order chi connectivity index (χ1) is 5.08. The number of hydrogen-bond donors (Lipinski definition) is 3. The van der Waals surface area contributed by atoms with Crippen molar-refractivity contribution in [1.29, 1.82) is 5.41 Å². The number of aliphatic hydroxyl groups excluding tert-OH is 1. The molecule has 0 fully saturated rings. The summed E-state index contributed by atoms with van der Waals surface area (Å²) in [6.45, 7) is 1.40. The first-order valence-electron chi connectivity index (χ1n) is 3.14. The van der Waals surface area contributed by atoms with Gasteiger partial charge in [-0.05, 0) is 6.92 Å². The minimum atomic E-state index is -0.825. The van der Waals surface area contributed by atoms with Crippen molar-refractivity contribution in [3.05, 3.63) is 0 Å². The summed E-state index contributed by atoms with van der Waals surface area (Å²) in [6, 6.07) is -0.555. The van der Waals surface area contributed by atoms with Gasteiger partial charge in [-0.3, -0.25) is 10.7 Å². The Kier molecular flexibility index (Phi) is 1.74. The van der Waals surface area contributed by atoms with Crippen LogP contribution in [0.3, 0.4) is 0 Å². The molecule has 0 aromatic carbocycles. The molecule has 60 valence electrons. The van der Waals surface area contributed by atoms with Gasteiger partial charge >= 0.3 is 6.03 Å². The van der Waals surface area contributed by atoms with E-state index in [0.717, 1.165) is 0 Å². The predicted octanol–water partition coefficient (Wildman–Crippen LogP) is -0.244. The summed E-state index contributed by atoms with van der Waals surface area (Å²) in [7, 11) is 0. The maximum absolute atomic E-state index is 10.5. The summed E-state index contributed by atoms with van der Waals surface area (Å²) in [5.74, 6) is -0.0139. The van der Waals surface area contributed by atoms with E-state index in [1.54, 1.807) is 6.92 Å². The minimum absolute atomic E-state index is 0.0139. The highest BCUT2D eigenvalue weighted by atomic mass is 16.3. The van der Waals surface area contributed by atoms with Gasteiger partial charge in [0, 0.05) is 6.21 Å². The number of hydrogen-bond acceptors (Lipinski definition) is 3. The number of amides is 2. The Labute approximate surface area is 63.6 Å². The lowest BCUT2D eigenvalue weighted by Gasteiger charge is -2.25. The molecular weight excluding hydrogens is 146 g/mol. The van der Waals surface area contributed by atoms with Crippen molar-refractivity contribution < 1.29 is 9.90 Å². The topological polar surface area (TPSA) is 85.5 Å². The van der Waals surface area contributed by atoms with Gasteiger partial charge in [-0.25, -0.2) is 9.79 Å². The van der Waals surface area contributed by atoms with E-state index in [1.807, 2.05) is 0 Å². The van der Waals surface area contributed by atoms with Crippen molar-refractivity contribution in [2.24, 2.45) is 10.4 Å². The van der Waals surface area contributed by atoms with Crippen molar-refractivity contribution in [1.82, 2.24) is 5.32 Å². The average molecular weight is 155 g/mol. The summed E-state index contributed by atoms with van der Waals surface area (Å²) in [5.41, 5.74) is -0.825. The highest BCUT2D eigenvalue weighted by Crippen LogP contribution is 2.15. The third-order valence-corrected chi connectivity index (χ3v) is 1.60. The molecule has 1 atom stereocenters. The predicted molar refractivity (Wildman–Crippen MR) is 39.9 cm³/mol. The number of nitrogens with zero attached hydrogens (tertiary/aromatic N) is 1. The van der Waals surface area contributed by atoms with Gasteiger partial charge in [-0.2, -0.15) is 0 Å². The van der Waals surface area contributed by atoms with Crippen LogP contribution in [0.5, 0.6) is 0 Å². The van der Waals surface area contributed by atoms with E-state index in [1.165, 1.54) is 6.21 Å². The van der Waals surface area contributed by atoms with Gasteiger partial charge in [0.25, 0.3) is 0 Å². The standard InChI is InChI=1S/C6H9N3O2/c1-6(3-10)2-8-5(11)9-4(6)7/h2,10H,3H2,1H3,(H2,7,9,11). The molecule has 0 aromatic rings. The summed E-state index contributed by atoms with van der Waals surface area (Å²) < 4.78 is 0. The molecule has 0 spiro atoms. The van der Waals surface area contributed by atoms with Crippen LogP contribution in [0.15, 0.2) is 4.99 Å². The molecule has 0 radical (unpaired) electrons. The maximum atomic E-state index is 10.5. The fraction of sp³-hybridized carbons (Fsp3) is 0.500. The molecule has 1 rings (SSSR count). The average Bonchev–Trinajstić information content (AvgIpc) is 1.98. The van der Waals surface area contributed by atoms with E-state index in [-0.39, 0.29) is 12.4 Å². The van der Waals surface area contributed by atoms with Crippen LogP contribution in [0, 0.1) is 10.8 Å². The Morgan fingerprint density at radius 1 is 1.91 bits per heavy atom. The zero-order chi connectivity index (χ0) is 8.48. The smallest absolute Gasteiger partial charge is 0.345 e. The fourth-order valence-corrected chi connectivity index (χ4v) is 0.668. The lowest BCUT2D eigenvalue weighted by Crippen LogP contribution is -2.47. The number of aliphatic hydroxyl groups is 1. The molecule has 0 saturated carbocycles. The minimum Gasteiger partial charge on any atom is -0.395 e. The Bertz CT molecular complexity index is 236. The number of rotatable bonds is 1. The number of carbonyl (C=O) groups is 1. The summed E-state index contributed by atoms with van der Waals surface area (Å²) >= 11 is 0. The number of carbonyl (C=O) groups excluding carboxylic acids is 1. The van der Waals surface area contributed by atoms with Crippen molar-refractivity contribution >= 4 is 18.1 Å². The van der Waals surface area contributed by atoms with Crippen LogP contribution in [-0.2, 0) is 0 Å². The SMILES string of the molecule is CC1(CO)C=NC(=O)NC1=N. The molecule has 3 N–H and O–H groups in total. The van der Waals surface area contributed by atoms with Gasteiger partial charge in [0.05, 0.1) is 12.0 Å². The summed E-state index contributed by atoms with van der Waals surface area (Å²) in [5, 5.41) is 18.3. The normalized spacial score (nSPS) is 30.4. The van der Waals surface area contributed by atoms with Crippen LogP contribution in [-0.4, -0.2) is 29.8 Å². The Morgan fingerprint density at radius 3 is 3.00 bits per heavy atom. The van der Waals surface area contributed by atoms with E-state index < -0.39 is 11.4 Å². The Morgan fingerprint density at radius 2 is 2.55 bits per heavy atom. The third-order valence-electron chi connectivity index (χ3n) is 1.60. The second-order valence-electron chi connectivity index (χ2n) is 2.64. The number of urea groups is 1. The van der Waals surface area contributed by atoms with E-state index in [0.29, 0.717) is 0 Å². The van der Waals surface area contributed by atoms with Gasteiger partial charge < -0.3 is 5.11 Å². The molecule has 1 heterocycles. The molecule has 0 bridgehead atoms. The van der Waals surface area contributed by atoms with Gasteiger partial charge in [0.2, 0.25) is 0 Å². The Hall–Kier alpha value is -1.23. The van der Waals surface area contributed by atoms with Crippen LogP contribution in [0.25, 0.3) is 0 Å². The molecule has 0 aromatic heterocycles. The second-order valence-corrected chi connectivity index (χ2v) is 2.64. The van der Waals surface area contributed by atoms with Crippen LogP contribution in [0.4, 0.5) is 4.79 Å². The molecule has 1 aliphatic rings. The number of amidine groups is 1. The number of aliphatic imine (C=N–C) groups is 1. The molecule has 11 heavy (non-hydrogen) atoms. The molecule has 1 aliphatic heterocycles. The third kappa shape index (κ3) is 1.27. The molecule has 5 heteroatoms. The van der Waals surface area contributed by atoms with Gasteiger partial charge in [0.1, 0.15) is 5.84 Å². The molecule has 0 saturated heterocycles. The van der Waals surface area contributed by atoms with Gasteiger partial charge in [-0.1, -0.05) is 0 Å². The largest absolute Gasteiger partial charge is 0.395 e. The van der Waals surface area contributed by atoms with Crippen LogP contribution >= 0.6 is 0 Å². The van der Waals surface area contributed by atoms with E-state index in [2.05, 4.69) is 10.3 Å². The first-order valence-corrected chi connectivity index (χ1v) is 3.14. The van der Waals surface area contributed by atoms with Gasteiger partial charge in [0.15, 0.2) is 0 Å². The quantitative estimate of drug-likeness (QED) is 0.488. The zero-order valence-corrected chi connectivity index (χ0v) is 6.09. The fourth-order valence-electron chi connectivity index (χ4n) is 0.668.